The van der Waals surface area contributed by atoms with Crippen LogP contribution in [0, 0.1) is 20.8 Å². The maximum atomic E-state index is 13.8. The normalized spacial score (nSPS) is 12.5. The molecule has 35 heavy (non-hydrogen) atoms. The molecular formula is C28H39N3O4. The third kappa shape index (κ3) is 7.84. The van der Waals surface area contributed by atoms with Gasteiger partial charge in [0.2, 0.25) is 5.91 Å². The van der Waals surface area contributed by atoms with Crippen molar-refractivity contribution in [1.82, 2.24) is 10.2 Å². The number of hydrogen-bond acceptors (Lipinski definition) is 4. The summed E-state index contributed by atoms with van der Waals surface area (Å²) >= 11 is 0. The second-order valence-corrected chi connectivity index (χ2v) is 10.9. The molecule has 7 heteroatoms. The van der Waals surface area contributed by atoms with Crippen molar-refractivity contribution in [2.24, 2.45) is 0 Å². The highest BCUT2D eigenvalue weighted by atomic mass is 16.6. The lowest BCUT2D eigenvalue weighted by atomic mass is 9.93. The maximum Gasteiger partial charge on any atom is 0.408 e. The number of para-hydroxylation sites is 1. The Bertz CT molecular complexity index is 1080. The van der Waals surface area contributed by atoms with E-state index < -0.39 is 29.2 Å². The van der Waals surface area contributed by atoms with Crippen LogP contribution in [0.4, 0.5) is 10.5 Å². The number of carbonyl (C=O) groups is 3. The van der Waals surface area contributed by atoms with E-state index in [1.54, 1.807) is 20.8 Å². The van der Waals surface area contributed by atoms with E-state index in [1.807, 2.05) is 84.0 Å². The quantitative estimate of drug-likeness (QED) is 0.575. The van der Waals surface area contributed by atoms with E-state index in [0.717, 1.165) is 22.3 Å². The number of amides is 3. The molecule has 0 aliphatic rings. The fourth-order valence-corrected chi connectivity index (χ4v) is 3.90. The van der Waals surface area contributed by atoms with E-state index in [-0.39, 0.29) is 12.5 Å². The second-order valence-electron chi connectivity index (χ2n) is 10.9. The number of nitrogens with one attached hydrogen (secondary N) is 2. The standard InChI is InChI=1S/C28H39N3O4/c1-18-14-15-21(20(3)16-18)24(25(33)30-22-13-11-10-12-19(22)2)31(27(4,5)6)23(32)17-29-26(34)35-28(7,8)9/h10-16,24H,17H2,1-9H3,(H,29,34)(H,30,33). The largest absolute Gasteiger partial charge is 0.444 e. The van der Waals surface area contributed by atoms with Gasteiger partial charge < -0.3 is 20.3 Å². The first-order chi connectivity index (χ1) is 16.1. The second kappa shape index (κ2) is 10.9. The number of aryl methyl sites for hydroxylation is 3. The van der Waals surface area contributed by atoms with Crippen LogP contribution in [0.25, 0.3) is 0 Å². The third-order valence-electron chi connectivity index (χ3n) is 5.40. The van der Waals surface area contributed by atoms with Crippen LogP contribution in [0.1, 0.15) is 69.8 Å². The highest BCUT2D eigenvalue weighted by molar-refractivity contribution is 5.99. The number of anilines is 1. The van der Waals surface area contributed by atoms with Gasteiger partial charge in [0.1, 0.15) is 18.2 Å². The van der Waals surface area contributed by atoms with E-state index in [0.29, 0.717) is 5.69 Å². The van der Waals surface area contributed by atoms with Crippen molar-refractivity contribution in [2.75, 3.05) is 11.9 Å². The summed E-state index contributed by atoms with van der Waals surface area (Å²) in [6.07, 6.45) is -0.688. The molecule has 0 aromatic heterocycles. The molecule has 0 spiro atoms. The molecule has 2 N–H and O–H groups in total. The molecule has 2 rings (SSSR count). The summed E-state index contributed by atoms with van der Waals surface area (Å²) in [5, 5.41) is 5.54. The van der Waals surface area contributed by atoms with Crippen LogP contribution >= 0.6 is 0 Å². The SMILES string of the molecule is Cc1ccc(C(C(=O)Nc2ccccc2C)N(C(=O)CNC(=O)OC(C)(C)C)C(C)(C)C)c(C)c1. The predicted octanol–water partition coefficient (Wildman–Crippen LogP) is 5.44. The minimum atomic E-state index is -0.914. The summed E-state index contributed by atoms with van der Waals surface area (Å²) in [7, 11) is 0. The van der Waals surface area contributed by atoms with Crippen molar-refractivity contribution in [3.05, 3.63) is 64.7 Å². The lowest BCUT2D eigenvalue weighted by Gasteiger charge is -2.41. The zero-order valence-corrected chi connectivity index (χ0v) is 22.4. The van der Waals surface area contributed by atoms with Gasteiger partial charge in [-0.2, -0.15) is 0 Å². The zero-order chi connectivity index (χ0) is 26.6. The lowest BCUT2D eigenvalue weighted by molar-refractivity contribution is -0.144. The molecular weight excluding hydrogens is 442 g/mol. The molecule has 0 radical (unpaired) electrons. The molecule has 1 unspecified atom stereocenters. The van der Waals surface area contributed by atoms with Crippen molar-refractivity contribution in [2.45, 2.75) is 79.5 Å². The number of hydrogen-bond donors (Lipinski definition) is 2. The highest BCUT2D eigenvalue weighted by Crippen LogP contribution is 2.32. The number of carbonyl (C=O) groups excluding carboxylic acids is 3. The average Bonchev–Trinajstić information content (AvgIpc) is 2.70. The van der Waals surface area contributed by atoms with Crippen LogP contribution in [0.15, 0.2) is 42.5 Å². The maximum absolute atomic E-state index is 13.8. The van der Waals surface area contributed by atoms with Gasteiger partial charge in [-0.05, 0) is 85.1 Å². The molecule has 3 amide bonds. The van der Waals surface area contributed by atoms with Gasteiger partial charge in [0.05, 0.1) is 0 Å². The summed E-state index contributed by atoms with van der Waals surface area (Å²) < 4.78 is 5.27. The van der Waals surface area contributed by atoms with Gasteiger partial charge in [0.25, 0.3) is 5.91 Å². The number of benzene rings is 2. The minimum absolute atomic E-state index is 0.300. The van der Waals surface area contributed by atoms with Crippen molar-refractivity contribution in [3.8, 4) is 0 Å². The van der Waals surface area contributed by atoms with Crippen molar-refractivity contribution < 1.29 is 19.1 Å². The van der Waals surface area contributed by atoms with Crippen molar-refractivity contribution >= 4 is 23.6 Å². The molecule has 0 fully saturated rings. The lowest BCUT2D eigenvalue weighted by Crippen LogP contribution is -2.54. The fraction of sp³-hybridized carbons (Fsp3) is 0.464. The van der Waals surface area contributed by atoms with Crippen LogP contribution in [0.2, 0.25) is 0 Å². The van der Waals surface area contributed by atoms with E-state index in [2.05, 4.69) is 10.6 Å². The number of nitrogens with zero attached hydrogens (tertiary/aromatic N) is 1. The average molecular weight is 482 g/mol. The van der Waals surface area contributed by atoms with E-state index >= 15 is 0 Å². The summed E-state index contributed by atoms with van der Waals surface area (Å²) in [6, 6.07) is 12.4. The molecule has 0 saturated heterocycles. The molecule has 1 atom stereocenters. The monoisotopic (exact) mass is 481 g/mol. The van der Waals surface area contributed by atoms with Crippen LogP contribution in [-0.2, 0) is 14.3 Å². The van der Waals surface area contributed by atoms with Crippen LogP contribution < -0.4 is 10.6 Å². The first kappa shape index (κ1) is 27.9. The third-order valence-corrected chi connectivity index (χ3v) is 5.40. The Morgan fingerprint density at radius 3 is 2.09 bits per heavy atom. The molecule has 2 aromatic rings. The number of rotatable bonds is 6. The van der Waals surface area contributed by atoms with Gasteiger partial charge in [-0.15, -0.1) is 0 Å². The topological polar surface area (TPSA) is 87.7 Å². The minimum Gasteiger partial charge on any atom is -0.444 e. The highest BCUT2D eigenvalue weighted by Gasteiger charge is 2.39. The Morgan fingerprint density at radius 2 is 1.54 bits per heavy atom. The molecule has 190 valence electrons. The molecule has 0 aliphatic carbocycles. The zero-order valence-electron chi connectivity index (χ0n) is 22.4. The van der Waals surface area contributed by atoms with Gasteiger partial charge in [0.15, 0.2) is 0 Å². The van der Waals surface area contributed by atoms with Gasteiger partial charge in [0, 0.05) is 11.2 Å². The molecule has 0 heterocycles. The van der Waals surface area contributed by atoms with Crippen LogP contribution in [-0.4, -0.2) is 40.5 Å². The van der Waals surface area contributed by atoms with Crippen molar-refractivity contribution in [1.29, 1.82) is 0 Å². The molecule has 0 bridgehead atoms. The molecule has 0 saturated carbocycles. The van der Waals surface area contributed by atoms with E-state index in [9.17, 15) is 14.4 Å². The Morgan fingerprint density at radius 1 is 0.914 bits per heavy atom. The predicted molar refractivity (Wildman–Crippen MR) is 139 cm³/mol. The van der Waals surface area contributed by atoms with Gasteiger partial charge in [-0.1, -0.05) is 42.0 Å². The Labute approximate surface area is 209 Å². The Hall–Kier alpha value is -3.35. The summed E-state index contributed by atoms with van der Waals surface area (Å²) in [5.74, 6) is -0.722. The van der Waals surface area contributed by atoms with Crippen LogP contribution in [0.3, 0.4) is 0 Å². The summed E-state index contributed by atoms with van der Waals surface area (Å²) in [5.41, 5.74) is 2.87. The van der Waals surface area contributed by atoms with Crippen molar-refractivity contribution in [3.63, 3.8) is 0 Å². The Balaban J connectivity index is 2.48. The molecule has 7 nitrogen and oxygen atoms in total. The fourth-order valence-electron chi connectivity index (χ4n) is 3.90. The molecule has 2 aromatic carbocycles. The summed E-state index contributed by atoms with van der Waals surface area (Å²) in [4.78, 5) is 41.1. The first-order valence-electron chi connectivity index (χ1n) is 11.8. The van der Waals surface area contributed by atoms with Gasteiger partial charge in [-0.25, -0.2) is 4.79 Å². The van der Waals surface area contributed by atoms with E-state index in [1.165, 1.54) is 4.90 Å². The number of ether oxygens (including phenoxy) is 1. The molecule has 0 aliphatic heterocycles. The first-order valence-corrected chi connectivity index (χ1v) is 11.8. The smallest absolute Gasteiger partial charge is 0.408 e. The van der Waals surface area contributed by atoms with E-state index in [4.69, 9.17) is 4.74 Å². The van der Waals surface area contributed by atoms with Crippen LogP contribution in [0.5, 0.6) is 0 Å². The summed E-state index contributed by atoms with van der Waals surface area (Å²) in [6.45, 7) is 16.4. The number of alkyl carbamates (subject to hydrolysis) is 1. The van der Waals surface area contributed by atoms with Gasteiger partial charge in [-0.3, -0.25) is 9.59 Å². The Kier molecular flexibility index (Phi) is 8.71. The van der Waals surface area contributed by atoms with Gasteiger partial charge >= 0.3 is 6.09 Å².